The highest BCUT2D eigenvalue weighted by atomic mass is 19.1. The molecule has 0 atom stereocenters. The van der Waals surface area contributed by atoms with Gasteiger partial charge < -0.3 is 4.57 Å². The molecule has 1 aromatic heterocycles. The van der Waals surface area contributed by atoms with Crippen LogP contribution in [0, 0.1) is 11.6 Å². The van der Waals surface area contributed by atoms with Crippen LogP contribution in [0.25, 0.3) is 0 Å². The molecule has 1 heterocycles. The van der Waals surface area contributed by atoms with Crippen molar-refractivity contribution in [1.29, 1.82) is 0 Å². The Morgan fingerprint density at radius 2 is 1.78 bits per heavy atom. The number of carbonyl (C=O) groups excluding carboxylic acids is 1. The summed E-state index contributed by atoms with van der Waals surface area (Å²) >= 11 is 0. The van der Waals surface area contributed by atoms with E-state index in [0.29, 0.717) is 6.07 Å². The molecule has 0 fully saturated rings. The van der Waals surface area contributed by atoms with Crippen LogP contribution in [-0.4, -0.2) is 10.4 Å². The highest BCUT2D eigenvalue weighted by molar-refractivity contribution is 5.96. The molecule has 0 aliphatic heterocycles. The van der Waals surface area contributed by atoms with Gasteiger partial charge in [-0.1, -0.05) is 0 Å². The van der Waals surface area contributed by atoms with Gasteiger partial charge in [-0.05, 0) is 12.1 Å². The lowest BCUT2D eigenvalue weighted by atomic mass is 10.1. The van der Waals surface area contributed by atoms with Crippen LogP contribution in [0.2, 0.25) is 0 Å². The third-order valence-corrected chi connectivity index (χ3v) is 2.42. The van der Waals surface area contributed by atoms with Crippen LogP contribution in [-0.2, 0) is 6.54 Å². The first-order valence-corrected chi connectivity index (χ1v) is 5.20. The van der Waals surface area contributed by atoms with Gasteiger partial charge in [0.15, 0.2) is 11.2 Å². The molecular weight excluding hydrogens is 240 g/mol. The van der Waals surface area contributed by atoms with Gasteiger partial charge in [-0.3, -0.25) is 9.59 Å². The van der Waals surface area contributed by atoms with Gasteiger partial charge in [0.2, 0.25) is 0 Å². The van der Waals surface area contributed by atoms with E-state index in [2.05, 4.69) is 0 Å². The van der Waals surface area contributed by atoms with Gasteiger partial charge in [-0.2, -0.15) is 0 Å². The van der Waals surface area contributed by atoms with E-state index in [9.17, 15) is 18.4 Å². The number of benzene rings is 1. The lowest BCUT2D eigenvalue weighted by Gasteiger charge is -2.05. The van der Waals surface area contributed by atoms with Crippen molar-refractivity contribution in [3.63, 3.8) is 0 Å². The second-order valence-electron chi connectivity index (χ2n) is 3.75. The second kappa shape index (κ2) is 4.91. The molecule has 92 valence electrons. The topological polar surface area (TPSA) is 39.1 Å². The highest BCUT2D eigenvalue weighted by Gasteiger charge is 2.12. The minimum atomic E-state index is -0.888. The second-order valence-corrected chi connectivity index (χ2v) is 3.75. The number of carbonyl (C=O) groups is 1. The number of Topliss-reactive ketones (excluding diaryl/α,β-unsaturated/α-hetero) is 1. The van der Waals surface area contributed by atoms with Gasteiger partial charge in [-0.15, -0.1) is 0 Å². The molecule has 0 N–H and O–H groups in total. The van der Waals surface area contributed by atoms with Crippen LogP contribution >= 0.6 is 0 Å². The maximum absolute atomic E-state index is 13.3. The van der Waals surface area contributed by atoms with E-state index >= 15 is 0 Å². The molecule has 0 aliphatic carbocycles. The van der Waals surface area contributed by atoms with Crippen molar-refractivity contribution in [2.24, 2.45) is 0 Å². The molecule has 0 amide bonds. The molecule has 5 heteroatoms. The number of halogens is 2. The van der Waals surface area contributed by atoms with E-state index in [1.165, 1.54) is 29.1 Å². The minimum absolute atomic E-state index is 0.108. The van der Waals surface area contributed by atoms with Gasteiger partial charge in [0.25, 0.3) is 0 Å². The molecule has 0 radical (unpaired) electrons. The molecule has 0 unspecified atom stereocenters. The standard InChI is InChI=1S/C13H9F2NO2/c14-9-1-2-11(12(15)7-9)13(18)8-16-5-3-10(17)4-6-16/h1-7H,8H2. The molecule has 18 heavy (non-hydrogen) atoms. The normalized spacial score (nSPS) is 10.3. The van der Waals surface area contributed by atoms with E-state index in [4.69, 9.17) is 0 Å². The SMILES string of the molecule is O=C(Cn1ccc(=O)cc1)c1ccc(F)cc1F. The maximum Gasteiger partial charge on any atom is 0.185 e. The molecule has 2 rings (SSSR count). The smallest absolute Gasteiger partial charge is 0.185 e. The van der Waals surface area contributed by atoms with Crippen LogP contribution < -0.4 is 5.43 Å². The Bertz CT molecular complexity index is 629. The minimum Gasteiger partial charge on any atom is -0.346 e. The number of nitrogens with zero attached hydrogens (tertiary/aromatic N) is 1. The van der Waals surface area contributed by atoms with Crippen molar-refractivity contribution < 1.29 is 13.6 Å². The number of aromatic nitrogens is 1. The Labute approximate surface area is 101 Å². The monoisotopic (exact) mass is 249 g/mol. The number of hydrogen-bond acceptors (Lipinski definition) is 2. The zero-order valence-electron chi connectivity index (χ0n) is 9.27. The van der Waals surface area contributed by atoms with Crippen molar-refractivity contribution in [1.82, 2.24) is 4.57 Å². The van der Waals surface area contributed by atoms with Gasteiger partial charge in [-0.25, -0.2) is 8.78 Å². The average molecular weight is 249 g/mol. The summed E-state index contributed by atoms with van der Waals surface area (Å²) in [7, 11) is 0. The number of rotatable bonds is 3. The Morgan fingerprint density at radius 3 is 2.39 bits per heavy atom. The van der Waals surface area contributed by atoms with Gasteiger partial charge >= 0.3 is 0 Å². The van der Waals surface area contributed by atoms with Crippen LogP contribution in [0.5, 0.6) is 0 Å². The van der Waals surface area contributed by atoms with Gasteiger partial charge in [0.1, 0.15) is 11.6 Å². The first-order valence-electron chi connectivity index (χ1n) is 5.20. The van der Waals surface area contributed by atoms with E-state index in [0.717, 1.165) is 12.1 Å². The van der Waals surface area contributed by atoms with Crippen molar-refractivity contribution in [3.05, 3.63) is 70.1 Å². The summed E-state index contributed by atoms with van der Waals surface area (Å²) in [6.07, 6.45) is 2.86. The van der Waals surface area contributed by atoms with E-state index in [-0.39, 0.29) is 17.5 Å². The molecule has 2 aromatic rings. The number of pyridine rings is 1. The summed E-state index contributed by atoms with van der Waals surface area (Å²) in [6.45, 7) is -0.108. The first-order chi connectivity index (χ1) is 8.56. The quantitative estimate of drug-likeness (QED) is 0.780. The third-order valence-electron chi connectivity index (χ3n) is 2.42. The molecule has 3 nitrogen and oxygen atoms in total. The Kier molecular flexibility index (Phi) is 3.32. The van der Waals surface area contributed by atoms with Gasteiger partial charge in [0, 0.05) is 30.6 Å². The largest absolute Gasteiger partial charge is 0.346 e. The maximum atomic E-state index is 13.3. The van der Waals surface area contributed by atoms with Crippen LogP contribution in [0.1, 0.15) is 10.4 Å². The number of hydrogen-bond donors (Lipinski definition) is 0. The summed E-state index contributed by atoms with van der Waals surface area (Å²) in [5.41, 5.74) is -0.346. The average Bonchev–Trinajstić information content (AvgIpc) is 2.32. The van der Waals surface area contributed by atoms with Crippen molar-refractivity contribution in [2.45, 2.75) is 6.54 Å². The zero-order valence-corrected chi connectivity index (χ0v) is 9.27. The zero-order chi connectivity index (χ0) is 13.1. The fourth-order valence-electron chi connectivity index (χ4n) is 1.52. The lowest BCUT2D eigenvalue weighted by molar-refractivity contribution is 0.0968. The molecule has 0 spiro atoms. The summed E-state index contributed by atoms with van der Waals surface area (Å²) in [5.74, 6) is -2.11. The van der Waals surface area contributed by atoms with E-state index in [1.54, 1.807) is 0 Å². The van der Waals surface area contributed by atoms with E-state index in [1.807, 2.05) is 0 Å². The highest BCUT2D eigenvalue weighted by Crippen LogP contribution is 2.11. The van der Waals surface area contributed by atoms with Crippen molar-refractivity contribution >= 4 is 5.78 Å². The van der Waals surface area contributed by atoms with Crippen LogP contribution in [0.15, 0.2) is 47.5 Å². The third kappa shape index (κ3) is 2.68. The summed E-state index contributed by atoms with van der Waals surface area (Å²) in [4.78, 5) is 22.6. The predicted molar refractivity (Wildman–Crippen MR) is 61.4 cm³/mol. The Morgan fingerprint density at radius 1 is 1.11 bits per heavy atom. The fourth-order valence-corrected chi connectivity index (χ4v) is 1.52. The molecule has 0 bridgehead atoms. The predicted octanol–water partition coefficient (Wildman–Crippen LogP) is 2.01. The molecule has 1 aromatic carbocycles. The van der Waals surface area contributed by atoms with Crippen molar-refractivity contribution in [3.8, 4) is 0 Å². The van der Waals surface area contributed by atoms with Crippen molar-refractivity contribution in [2.75, 3.05) is 0 Å². The van der Waals surface area contributed by atoms with Crippen LogP contribution in [0.4, 0.5) is 8.78 Å². The summed E-state index contributed by atoms with van der Waals surface area (Å²) < 4.78 is 27.5. The molecule has 0 saturated heterocycles. The molecule has 0 aliphatic rings. The Balaban J connectivity index is 2.22. The molecule has 0 saturated carbocycles. The first kappa shape index (κ1) is 12.2. The molecular formula is C13H9F2NO2. The van der Waals surface area contributed by atoms with Gasteiger partial charge in [0.05, 0.1) is 12.1 Å². The van der Waals surface area contributed by atoms with E-state index < -0.39 is 17.4 Å². The summed E-state index contributed by atoms with van der Waals surface area (Å²) in [5, 5.41) is 0. The fraction of sp³-hybridized carbons (Fsp3) is 0.0769. The Hall–Kier alpha value is -2.30. The summed E-state index contributed by atoms with van der Waals surface area (Å²) in [6, 6.07) is 5.40. The number of ketones is 1. The van der Waals surface area contributed by atoms with Crippen LogP contribution in [0.3, 0.4) is 0 Å². The lowest BCUT2D eigenvalue weighted by Crippen LogP contribution is -2.13.